The van der Waals surface area contributed by atoms with E-state index in [1.807, 2.05) is 5.32 Å². The van der Waals surface area contributed by atoms with Crippen molar-refractivity contribution in [2.45, 2.75) is 13.0 Å². The minimum Gasteiger partial charge on any atom is -0.493 e. The van der Waals surface area contributed by atoms with Gasteiger partial charge in [-0.05, 0) is 65.7 Å². The largest absolute Gasteiger partial charge is 0.493 e. The monoisotopic (exact) mass is 794 g/mol. The quantitative estimate of drug-likeness (QED) is 0.0703. The topological polar surface area (TPSA) is 170 Å². The summed E-state index contributed by atoms with van der Waals surface area (Å²) in [6.07, 6.45) is 1.78. The third kappa shape index (κ3) is 8.16. The highest BCUT2D eigenvalue weighted by atomic mass is 35.5. The molecule has 0 atom stereocenters. The average Bonchev–Trinajstić information content (AvgIpc) is 3.19. The molecule has 282 valence electrons. The Kier molecular flexibility index (Phi) is 10.9. The molecule has 0 radical (unpaired) electrons. The second-order valence-electron chi connectivity index (χ2n) is 12.2. The van der Waals surface area contributed by atoms with Crippen molar-refractivity contribution >= 4 is 74.9 Å². The average molecular weight is 796 g/mol. The van der Waals surface area contributed by atoms with Crippen LogP contribution in [0.1, 0.15) is 31.8 Å². The Bertz CT molecular complexity index is 2540. The summed E-state index contributed by atoms with van der Waals surface area (Å²) in [5.74, 6) is -1.42. The van der Waals surface area contributed by atoms with Gasteiger partial charge in [-0.25, -0.2) is 19.2 Å². The summed E-state index contributed by atoms with van der Waals surface area (Å²) in [6.45, 7) is 0.413. The third-order valence-electron chi connectivity index (χ3n) is 8.60. The van der Waals surface area contributed by atoms with Crippen LogP contribution in [0.2, 0.25) is 10.0 Å². The normalized spacial score (nSPS) is 12.1. The molecule has 0 saturated heterocycles. The lowest BCUT2D eigenvalue weighted by Gasteiger charge is -2.17. The van der Waals surface area contributed by atoms with Crippen LogP contribution in [0.5, 0.6) is 23.0 Å². The summed E-state index contributed by atoms with van der Waals surface area (Å²) in [6, 6.07) is 23.9. The molecule has 0 spiro atoms. The molecule has 16 heteroatoms. The zero-order chi connectivity index (χ0) is 39.3. The number of carbonyl (C=O) groups is 4. The van der Waals surface area contributed by atoms with E-state index in [0.29, 0.717) is 51.1 Å². The number of hydrogen-bond acceptors (Lipinski definition) is 10. The number of Topliss-reactive ketones (excluding diaryl/α,β-unsaturated/α-hetero) is 1. The number of aromatic nitrogens is 2. The molecule has 13 nitrogen and oxygen atoms in total. The van der Waals surface area contributed by atoms with Gasteiger partial charge in [-0.15, -0.1) is 0 Å². The summed E-state index contributed by atoms with van der Waals surface area (Å²) in [4.78, 5) is 57.6. The van der Waals surface area contributed by atoms with E-state index in [0.717, 1.165) is 11.1 Å². The molecule has 1 aliphatic heterocycles. The number of ether oxygens (including phenoxy) is 3. The van der Waals surface area contributed by atoms with Gasteiger partial charge in [0, 0.05) is 40.7 Å². The highest BCUT2D eigenvalue weighted by Crippen LogP contribution is 2.36. The second kappa shape index (κ2) is 16.3. The molecule has 6 aromatic rings. The molecule has 0 bridgehead atoms. The molecule has 1 aliphatic rings. The number of methoxy groups -OCH3 is 1. The number of nitrogens with zero attached hydrogens (tertiary/aromatic N) is 2. The summed E-state index contributed by atoms with van der Waals surface area (Å²) < 4.78 is 32.1. The van der Waals surface area contributed by atoms with Crippen molar-refractivity contribution in [1.29, 1.82) is 0 Å². The number of ketones is 1. The van der Waals surface area contributed by atoms with E-state index in [1.165, 1.54) is 37.7 Å². The van der Waals surface area contributed by atoms with Crippen LogP contribution in [0.25, 0.3) is 10.9 Å². The van der Waals surface area contributed by atoms with Crippen molar-refractivity contribution in [3.63, 3.8) is 0 Å². The lowest BCUT2D eigenvalue weighted by molar-refractivity contribution is -0.116. The summed E-state index contributed by atoms with van der Waals surface area (Å²) in [7, 11) is 1.51. The minimum absolute atomic E-state index is 0.0164. The number of hydrogen-bond donors (Lipinski definition) is 4. The van der Waals surface area contributed by atoms with Gasteiger partial charge in [0.1, 0.15) is 23.6 Å². The SMILES string of the molecule is COc1cc2ncnc(Nc3cccc(Cl)c3F)c2cc1OCCc1ccc(NC(=O)NCc2ccc(Oc3cccc4c3C(=O)NC(=O)C4=O)cc2)cc1Cl. The number of carbonyl (C=O) groups excluding carboxylic acids is 4. The number of anilines is 3. The lowest BCUT2D eigenvalue weighted by atomic mass is 9.98. The first-order valence-corrected chi connectivity index (χ1v) is 17.6. The van der Waals surface area contributed by atoms with E-state index < -0.39 is 29.4 Å². The summed E-state index contributed by atoms with van der Waals surface area (Å²) in [5.41, 5.74) is 2.67. The molecule has 0 aliphatic carbocycles. The fourth-order valence-corrected chi connectivity index (χ4v) is 6.26. The number of nitrogens with one attached hydrogen (secondary N) is 4. The maximum Gasteiger partial charge on any atom is 0.319 e. The Morgan fingerprint density at radius 3 is 2.45 bits per heavy atom. The molecule has 4 amide bonds. The third-order valence-corrected chi connectivity index (χ3v) is 9.24. The lowest BCUT2D eigenvalue weighted by Crippen LogP contribution is -2.42. The van der Waals surface area contributed by atoms with Gasteiger partial charge >= 0.3 is 6.03 Å². The standard InChI is InChI=1S/C40H29Cl2FN6O7/c1-54-32-18-30-26(37(46-20-45-30)48-29-6-3-5-27(41)35(29)43)17-33(32)55-15-14-22-10-11-23(16-28(22)42)47-40(53)44-19-21-8-12-24(13-9-21)56-31-7-2-4-25-34(31)38(51)49-39(52)36(25)50/h2-13,16-18,20H,14-15,19H2,1H3,(H2,44,47,53)(H,45,46,48)(H,49,51,52). The van der Waals surface area contributed by atoms with Crippen LogP contribution in [0.3, 0.4) is 0 Å². The number of urea groups is 1. The van der Waals surface area contributed by atoms with Crippen molar-refractivity contribution in [3.05, 3.63) is 135 Å². The highest BCUT2D eigenvalue weighted by Gasteiger charge is 2.33. The molecule has 2 heterocycles. The fraction of sp³-hybridized carbons (Fsp3) is 0.100. The van der Waals surface area contributed by atoms with Crippen LogP contribution in [0, 0.1) is 5.82 Å². The first-order chi connectivity index (χ1) is 27.1. The first-order valence-electron chi connectivity index (χ1n) is 16.9. The van der Waals surface area contributed by atoms with Gasteiger partial charge in [0.25, 0.3) is 17.6 Å². The zero-order valence-electron chi connectivity index (χ0n) is 29.2. The molecule has 0 saturated carbocycles. The van der Waals surface area contributed by atoms with E-state index in [2.05, 4.69) is 25.9 Å². The van der Waals surface area contributed by atoms with Gasteiger partial charge in [-0.2, -0.15) is 0 Å². The maximum absolute atomic E-state index is 14.6. The smallest absolute Gasteiger partial charge is 0.319 e. The Morgan fingerprint density at radius 1 is 0.857 bits per heavy atom. The van der Waals surface area contributed by atoms with E-state index in [9.17, 15) is 23.6 Å². The van der Waals surface area contributed by atoms with E-state index in [4.69, 9.17) is 37.4 Å². The number of rotatable bonds is 12. The molecular formula is C40H29Cl2FN6O7. The fourth-order valence-electron chi connectivity index (χ4n) is 5.81. The van der Waals surface area contributed by atoms with Gasteiger partial charge in [0.15, 0.2) is 17.3 Å². The highest BCUT2D eigenvalue weighted by molar-refractivity contribution is 6.49. The molecule has 5 aromatic carbocycles. The number of fused-ring (bicyclic) bond motifs is 2. The van der Waals surface area contributed by atoms with Gasteiger partial charge in [0.05, 0.1) is 35.5 Å². The van der Waals surface area contributed by atoms with Gasteiger partial charge in [0.2, 0.25) is 0 Å². The first kappa shape index (κ1) is 37.5. The molecule has 7 rings (SSSR count). The van der Waals surface area contributed by atoms with Crippen molar-refractivity contribution in [3.8, 4) is 23.0 Å². The van der Waals surface area contributed by atoms with Crippen LogP contribution >= 0.6 is 23.2 Å². The Labute approximate surface area is 328 Å². The molecular weight excluding hydrogens is 766 g/mol. The maximum atomic E-state index is 14.6. The Morgan fingerprint density at radius 2 is 1.66 bits per heavy atom. The Hall–Kier alpha value is -6.77. The van der Waals surface area contributed by atoms with Crippen LogP contribution < -0.4 is 35.5 Å². The predicted molar refractivity (Wildman–Crippen MR) is 207 cm³/mol. The number of imide groups is 1. The van der Waals surface area contributed by atoms with E-state index in [1.54, 1.807) is 66.7 Å². The van der Waals surface area contributed by atoms with Crippen molar-refractivity contribution < 1.29 is 37.8 Å². The van der Waals surface area contributed by atoms with Gasteiger partial charge < -0.3 is 30.2 Å². The molecule has 56 heavy (non-hydrogen) atoms. The number of amides is 4. The van der Waals surface area contributed by atoms with Crippen molar-refractivity contribution in [1.82, 2.24) is 20.6 Å². The summed E-state index contributed by atoms with van der Waals surface area (Å²) in [5, 5.41) is 11.5. The molecule has 1 aromatic heterocycles. The number of benzene rings is 5. The summed E-state index contributed by atoms with van der Waals surface area (Å²) >= 11 is 12.5. The molecule has 0 fully saturated rings. The van der Waals surface area contributed by atoms with Crippen LogP contribution in [0.15, 0.2) is 97.3 Å². The second-order valence-corrected chi connectivity index (χ2v) is 13.0. The van der Waals surface area contributed by atoms with Crippen molar-refractivity contribution in [2.24, 2.45) is 0 Å². The predicted octanol–water partition coefficient (Wildman–Crippen LogP) is 8.02. The Balaban J connectivity index is 0.925. The zero-order valence-corrected chi connectivity index (χ0v) is 30.8. The minimum atomic E-state index is -0.986. The molecule has 4 N–H and O–H groups in total. The van der Waals surface area contributed by atoms with Crippen LogP contribution in [0.4, 0.5) is 26.4 Å². The number of halogens is 3. The van der Waals surface area contributed by atoms with E-state index in [-0.39, 0.29) is 40.7 Å². The van der Waals surface area contributed by atoms with E-state index >= 15 is 0 Å². The van der Waals surface area contributed by atoms with Crippen LogP contribution in [-0.4, -0.2) is 47.3 Å². The molecule has 0 unspecified atom stereocenters. The van der Waals surface area contributed by atoms with Gasteiger partial charge in [-0.3, -0.25) is 19.7 Å². The van der Waals surface area contributed by atoms with Crippen molar-refractivity contribution in [2.75, 3.05) is 24.4 Å². The van der Waals surface area contributed by atoms with Gasteiger partial charge in [-0.1, -0.05) is 53.5 Å². The van der Waals surface area contributed by atoms with Crippen LogP contribution in [-0.2, 0) is 17.8 Å².